The Kier molecular flexibility index (Phi) is 15.7. The number of hydrogen-bond donors (Lipinski definition) is 8. The van der Waals surface area contributed by atoms with Gasteiger partial charge in [-0.2, -0.15) is 0 Å². The van der Waals surface area contributed by atoms with Crippen LogP contribution in [0.15, 0.2) is 0 Å². The predicted octanol–water partition coefficient (Wildman–Crippen LogP) is -3.30. The van der Waals surface area contributed by atoms with Crippen LogP contribution in [-0.2, 0) is 18.3 Å². The van der Waals surface area contributed by atoms with Crippen molar-refractivity contribution >= 4 is 30.4 Å². The van der Waals surface area contributed by atoms with Crippen LogP contribution in [0, 0.1) is 0 Å². The maximum atomic E-state index is 11.0. The average Bonchev–Trinajstić information content (AvgIpc) is 2.34. The molecule has 0 rings (SSSR count). The van der Waals surface area contributed by atoms with E-state index < -0.39 is 55.5 Å². The summed E-state index contributed by atoms with van der Waals surface area (Å²) in [7, 11) is -18.0. The standard InChI is InChI=1S/C10H28N2O12P4.Na/c13-25(14,15)7-11(8-26(16,17)18)5-3-1-2-4-6-12(9-27(19,20)21)10-28(22,23)24;/h1-10H2,(H2,13,14,15)(H2,16,17,18)(H2,19,20,21)(H2,22,23,24);/q;+1. The van der Waals surface area contributed by atoms with Gasteiger partial charge in [-0.3, -0.25) is 28.1 Å². The van der Waals surface area contributed by atoms with Crippen molar-refractivity contribution in [3.63, 3.8) is 0 Å². The van der Waals surface area contributed by atoms with Gasteiger partial charge in [-0.1, -0.05) is 12.8 Å². The monoisotopic (exact) mass is 515 g/mol. The van der Waals surface area contributed by atoms with Crippen molar-refractivity contribution < 1.29 is 87.0 Å². The van der Waals surface area contributed by atoms with Crippen LogP contribution in [0.1, 0.15) is 25.7 Å². The van der Waals surface area contributed by atoms with Crippen LogP contribution in [0.3, 0.4) is 0 Å². The van der Waals surface area contributed by atoms with Gasteiger partial charge in [-0.25, -0.2) is 0 Å². The molecule has 0 aromatic rings. The Bertz CT molecular complexity index is 553. The second-order valence-electron chi connectivity index (χ2n) is 6.43. The molecule has 0 amide bonds. The Balaban J connectivity index is 0. The zero-order valence-corrected chi connectivity index (χ0v) is 21.5. The molecular weight excluding hydrogens is 487 g/mol. The molecule has 8 N–H and O–H groups in total. The molecule has 0 spiro atoms. The third kappa shape index (κ3) is 24.0. The van der Waals surface area contributed by atoms with Gasteiger partial charge >= 0.3 is 59.9 Å². The first-order valence-electron chi connectivity index (χ1n) is 7.99. The Hall–Kier alpha value is 1.52. The summed E-state index contributed by atoms with van der Waals surface area (Å²) in [5.74, 6) is 0. The van der Waals surface area contributed by atoms with E-state index in [1.54, 1.807) is 0 Å². The van der Waals surface area contributed by atoms with E-state index in [9.17, 15) is 18.3 Å². The van der Waals surface area contributed by atoms with Gasteiger partial charge in [0.05, 0.1) is 0 Å². The Labute approximate surface area is 190 Å². The van der Waals surface area contributed by atoms with E-state index >= 15 is 0 Å². The summed E-state index contributed by atoms with van der Waals surface area (Å²) in [6, 6.07) is 0. The van der Waals surface area contributed by atoms with Crippen LogP contribution in [0.4, 0.5) is 0 Å². The summed E-state index contributed by atoms with van der Waals surface area (Å²) < 4.78 is 44.1. The zero-order valence-electron chi connectivity index (χ0n) is 16.0. The molecule has 14 nitrogen and oxygen atoms in total. The molecule has 0 atom stereocenters. The van der Waals surface area contributed by atoms with E-state index in [1.807, 2.05) is 0 Å². The van der Waals surface area contributed by atoms with E-state index in [2.05, 4.69) is 0 Å². The molecule has 0 aliphatic carbocycles. The Morgan fingerprint density at radius 1 is 0.448 bits per heavy atom. The molecule has 0 fully saturated rings. The SMILES string of the molecule is O=P(O)(O)CN(CCCCCCN(CP(=O)(O)O)CP(=O)(O)O)CP(=O)(O)O.[Na+]. The second-order valence-corrected chi connectivity index (χ2v) is 12.9. The molecule has 0 heterocycles. The maximum absolute atomic E-state index is 11.0. The molecule has 0 aliphatic rings. The van der Waals surface area contributed by atoms with Crippen molar-refractivity contribution in [2.45, 2.75) is 25.7 Å². The fourth-order valence-corrected chi connectivity index (χ4v) is 5.80. The molecule has 0 saturated heterocycles. The minimum atomic E-state index is -4.49. The molecule has 0 unspecified atom stereocenters. The van der Waals surface area contributed by atoms with Gasteiger partial charge in [0.15, 0.2) is 0 Å². The second kappa shape index (κ2) is 13.9. The van der Waals surface area contributed by atoms with Crippen molar-refractivity contribution in [3.05, 3.63) is 0 Å². The van der Waals surface area contributed by atoms with Gasteiger partial charge in [-0.15, -0.1) is 0 Å². The molecule has 0 radical (unpaired) electrons. The fraction of sp³-hybridized carbons (Fsp3) is 1.00. The number of unbranched alkanes of at least 4 members (excludes halogenated alkanes) is 3. The van der Waals surface area contributed by atoms with Crippen molar-refractivity contribution in [1.29, 1.82) is 0 Å². The molecule has 170 valence electrons. The molecule has 0 bridgehead atoms. The molecule has 29 heavy (non-hydrogen) atoms. The first-order valence-corrected chi connectivity index (χ1v) is 15.2. The predicted molar refractivity (Wildman–Crippen MR) is 99.5 cm³/mol. The van der Waals surface area contributed by atoms with E-state index in [0.717, 1.165) is 9.80 Å². The molecular formula is C10H28N2NaO12P4+. The minimum absolute atomic E-state index is 0. The van der Waals surface area contributed by atoms with E-state index in [4.69, 9.17) is 39.1 Å². The number of hydrogen-bond acceptors (Lipinski definition) is 6. The van der Waals surface area contributed by atoms with Crippen molar-refractivity contribution in [2.24, 2.45) is 0 Å². The summed E-state index contributed by atoms with van der Waals surface area (Å²) in [4.78, 5) is 73.6. The van der Waals surface area contributed by atoms with Gasteiger partial charge in [0.25, 0.3) is 0 Å². The van der Waals surface area contributed by atoms with Crippen LogP contribution in [0.25, 0.3) is 0 Å². The van der Waals surface area contributed by atoms with E-state index in [1.165, 1.54) is 0 Å². The van der Waals surface area contributed by atoms with Gasteiger partial charge in [0, 0.05) is 0 Å². The molecule has 0 aromatic carbocycles. The van der Waals surface area contributed by atoms with E-state index in [-0.39, 0.29) is 42.6 Å². The summed E-state index contributed by atoms with van der Waals surface area (Å²) in [6.45, 7) is 0.0375. The van der Waals surface area contributed by atoms with Crippen molar-refractivity contribution in [2.75, 3.05) is 38.2 Å². The summed E-state index contributed by atoms with van der Waals surface area (Å²) in [6.07, 6.45) is -1.55. The molecule has 0 saturated carbocycles. The van der Waals surface area contributed by atoms with Gasteiger partial charge < -0.3 is 39.1 Å². The van der Waals surface area contributed by atoms with Crippen LogP contribution >= 0.6 is 30.4 Å². The van der Waals surface area contributed by atoms with Crippen LogP contribution in [0.5, 0.6) is 0 Å². The Morgan fingerprint density at radius 2 is 0.655 bits per heavy atom. The van der Waals surface area contributed by atoms with Crippen molar-refractivity contribution in [3.8, 4) is 0 Å². The molecule has 0 aromatic heterocycles. The smallest absolute Gasteiger partial charge is 0.324 e. The van der Waals surface area contributed by atoms with Gasteiger partial charge in [0.1, 0.15) is 25.1 Å². The quantitative estimate of drug-likeness (QED) is 0.0606. The maximum Gasteiger partial charge on any atom is 1.00 e. The zero-order chi connectivity index (χ0) is 22.2. The summed E-state index contributed by atoms with van der Waals surface area (Å²) in [5.41, 5.74) is 0. The topological polar surface area (TPSA) is 237 Å². The molecule has 0 aliphatic heterocycles. The number of nitrogens with zero attached hydrogens (tertiary/aromatic N) is 2. The first kappa shape index (κ1) is 32.7. The third-order valence-corrected chi connectivity index (χ3v) is 6.31. The van der Waals surface area contributed by atoms with E-state index in [0.29, 0.717) is 25.7 Å². The summed E-state index contributed by atoms with van der Waals surface area (Å²) in [5, 5.41) is 0. The van der Waals surface area contributed by atoms with Gasteiger partial charge in [0.2, 0.25) is 0 Å². The number of rotatable bonds is 15. The fourth-order valence-electron chi connectivity index (χ4n) is 2.44. The van der Waals surface area contributed by atoms with Crippen LogP contribution < -0.4 is 29.6 Å². The van der Waals surface area contributed by atoms with Crippen LogP contribution in [-0.4, -0.2) is 87.2 Å². The van der Waals surface area contributed by atoms with Crippen molar-refractivity contribution in [1.82, 2.24) is 9.80 Å². The molecule has 19 heteroatoms. The largest absolute Gasteiger partial charge is 1.00 e. The van der Waals surface area contributed by atoms with Crippen LogP contribution in [0.2, 0.25) is 0 Å². The normalized spacial score (nSPS) is 13.7. The first-order chi connectivity index (χ1) is 12.4. The average molecular weight is 515 g/mol. The Morgan fingerprint density at radius 3 is 0.828 bits per heavy atom. The summed E-state index contributed by atoms with van der Waals surface area (Å²) >= 11 is 0. The van der Waals surface area contributed by atoms with Gasteiger partial charge in [-0.05, 0) is 25.9 Å². The minimum Gasteiger partial charge on any atom is -0.324 e. The third-order valence-electron chi connectivity index (χ3n) is 3.24.